The summed E-state index contributed by atoms with van der Waals surface area (Å²) in [7, 11) is 1.79. The lowest BCUT2D eigenvalue weighted by molar-refractivity contribution is 0.0529. The van der Waals surface area contributed by atoms with Crippen molar-refractivity contribution in [1.82, 2.24) is 25.4 Å². The number of aliphatic imine (C=N–C) groups is 1. The molecule has 1 aliphatic heterocycles. The van der Waals surface area contributed by atoms with E-state index >= 15 is 0 Å². The van der Waals surface area contributed by atoms with Crippen LogP contribution < -0.4 is 15.5 Å². The van der Waals surface area contributed by atoms with Crippen molar-refractivity contribution in [1.29, 1.82) is 0 Å². The average Bonchev–Trinajstić information content (AvgIpc) is 3.21. The third kappa shape index (κ3) is 6.93. The molecule has 154 valence electrons. The number of halogens is 1. The van der Waals surface area contributed by atoms with Crippen LogP contribution in [0.2, 0.25) is 0 Å². The van der Waals surface area contributed by atoms with E-state index in [0.717, 1.165) is 51.0 Å². The predicted octanol–water partition coefficient (Wildman–Crippen LogP) is 1.88. The van der Waals surface area contributed by atoms with Crippen molar-refractivity contribution in [2.75, 3.05) is 38.2 Å². The second-order valence-electron chi connectivity index (χ2n) is 6.62. The van der Waals surface area contributed by atoms with E-state index in [0.29, 0.717) is 6.54 Å². The first-order valence-electron chi connectivity index (χ1n) is 9.48. The van der Waals surface area contributed by atoms with E-state index in [1.807, 2.05) is 29.2 Å². The van der Waals surface area contributed by atoms with Gasteiger partial charge < -0.3 is 20.3 Å². The maximum absolute atomic E-state index is 5.61. The predicted molar refractivity (Wildman–Crippen MR) is 122 cm³/mol. The van der Waals surface area contributed by atoms with Crippen LogP contribution in [0.4, 0.5) is 5.82 Å². The van der Waals surface area contributed by atoms with Crippen molar-refractivity contribution < 1.29 is 4.74 Å². The van der Waals surface area contributed by atoms with Gasteiger partial charge in [-0.1, -0.05) is 0 Å². The molecule has 9 heteroatoms. The first-order chi connectivity index (χ1) is 13.2. The standard InChI is InChI=1S/C19H29N7O.HI/c1-16-15-25(11-12-27-16)18-13-17(5-8-21-18)14-23-19(20-2)22-6-3-9-26-10-4-7-24-26;/h4-5,7-8,10,13,16H,3,6,9,11-12,14-15H2,1-2H3,(H2,20,22,23);1H. The lowest BCUT2D eigenvalue weighted by atomic mass is 10.2. The molecule has 1 fully saturated rings. The maximum Gasteiger partial charge on any atom is 0.191 e. The Morgan fingerprint density at radius 2 is 2.25 bits per heavy atom. The van der Waals surface area contributed by atoms with Crippen LogP contribution in [0.1, 0.15) is 18.9 Å². The Hall–Kier alpha value is -1.88. The van der Waals surface area contributed by atoms with Crippen molar-refractivity contribution in [3.63, 3.8) is 0 Å². The third-order valence-electron chi connectivity index (χ3n) is 4.47. The molecular formula is C19H30IN7O. The summed E-state index contributed by atoms with van der Waals surface area (Å²) >= 11 is 0. The highest BCUT2D eigenvalue weighted by Crippen LogP contribution is 2.16. The fraction of sp³-hybridized carbons (Fsp3) is 0.526. The summed E-state index contributed by atoms with van der Waals surface area (Å²) in [6, 6.07) is 6.11. The minimum atomic E-state index is 0. The highest BCUT2D eigenvalue weighted by atomic mass is 127. The number of nitrogens with one attached hydrogen (secondary N) is 2. The molecule has 0 saturated carbocycles. The zero-order chi connectivity index (χ0) is 18.9. The van der Waals surface area contributed by atoms with E-state index in [9.17, 15) is 0 Å². The fourth-order valence-electron chi connectivity index (χ4n) is 3.06. The van der Waals surface area contributed by atoms with Crippen molar-refractivity contribution in [3.8, 4) is 0 Å². The Labute approximate surface area is 183 Å². The summed E-state index contributed by atoms with van der Waals surface area (Å²) in [6.07, 6.45) is 6.87. The van der Waals surface area contributed by atoms with Gasteiger partial charge in [0.15, 0.2) is 5.96 Å². The van der Waals surface area contributed by atoms with Gasteiger partial charge in [-0.2, -0.15) is 5.10 Å². The Kier molecular flexibility index (Phi) is 9.48. The van der Waals surface area contributed by atoms with Gasteiger partial charge >= 0.3 is 0 Å². The van der Waals surface area contributed by atoms with Gasteiger partial charge in [0.25, 0.3) is 0 Å². The molecule has 28 heavy (non-hydrogen) atoms. The summed E-state index contributed by atoms with van der Waals surface area (Å²) in [6.45, 7) is 7.04. The number of morpholine rings is 1. The van der Waals surface area contributed by atoms with Gasteiger partial charge in [-0.05, 0) is 37.1 Å². The number of aryl methyl sites for hydroxylation is 1. The van der Waals surface area contributed by atoms with Gasteiger partial charge in [-0.15, -0.1) is 24.0 Å². The maximum atomic E-state index is 5.61. The van der Waals surface area contributed by atoms with Crippen LogP contribution in [0.15, 0.2) is 41.8 Å². The average molecular weight is 499 g/mol. The molecule has 0 spiro atoms. The van der Waals surface area contributed by atoms with E-state index in [2.05, 4.69) is 43.6 Å². The summed E-state index contributed by atoms with van der Waals surface area (Å²) in [5.41, 5.74) is 1.18. The molecule has 3 heterocycles. The van der Waals surface area contributed by atoms with Gasteiger partial charge in [0.2, 0.25) is 0 Å². The van der Waals surface area contributed by atoms with Crippen LogP contribution in [0.5, 0.6) is 0 Å². The lowest BCUT2D eigenvalue weighted by Crippen LogP contribution is -2.41. The Bertz CT molecular complexity index is 723. The topological polar surface area (TPSA) is 79.6 Å². The lowest BCUT2D eigenvalue weighted by Gasteiger charge is -2.32. The van der Waals surface area contributed by atoms with E-state index in [1.165, 1.54) is 5.56 Å². The number of aromatic nitrogens is 3. The van der Waals surface area contributed by atoms with Crippen LogP contribution in [0.3, 0.4) is 0 Å². The Balaban J connectivity index is 0.00000280. The summed E-state index contributed by atoms with van der Waals surface area (Å²) in [4.78, 5) is 11.1. The summed E-state index contributed by atoms with van der Waals surface area (Å²) in [5.74, 6) is 1.81. The molecule has 1 atom stereocenters. The van der Waals surface area contributed by atoms with Crippen LogP contribution in [-0.2, 0) is 17.8 Å². The van der Waals surface area contributed by atoms with Crippen molar-refractivity contribution in [2.45, 2.75) is 32.5 Å². The first kappa shape index (κ1) is 22.4. The molecule has 0 bridgehead atoms. The Morgan fingerprint density at radius 3 is 3.00 bits per heavy atom. The van der Waals surface area contributed by atoms with E-state index in [-0.39, 0.29) is 30.1 Å². The van der Waals surface area contributed by atoms with Crippen LogP contribution >= 0.6 is 24.0 Å². The van der Waals surface area contributed by atoms with Crippen LogP contribution in [-0.4, -0.2) is 60.1 Å². The number of nitrogens with zero attached hydrogens (tertiary/aromatic N) is 5. The minimum absolute atomic E-state index is 0. The van der Waals surface area contributed by atoms with Crippen molar-refractivity contribution >= 4 is 35.8 Å². The number of pyridine rings is 1. The smallest absolute Gasteiger partial charge is 0.191 e. The SMILES string of the molecule is CN=C(NCCCn1cccn1)NCc1ccnc(N2CCOC(C)C2)c1.I. The summed E-state index contributed by atoms with van der Waals surface area (Å²) < 4.78 is 7.55. The number of hydrogen-bond acceptors (Lipinski definition) is 5. The molecule has 0 amide bonds. The highest BCUT2D eigenvalue weighted by molar-refractivity contribution is 14.0. The number of ether oxygens (including phenoxy) is 1. The van der Waals surface area contributed by atoms with Crippen LogP contribution in [0.25, 0.3) is 0 Å². The fourth-order valence-corrected chi connectivity index (χ4v) is 3.06. The van der Waals surface area contributed by atoms with Gasteiger partial charge in [0.1, 0.15) is 5.82 Å². The number of hydrogen-bond donors (Lipinski definition) is 2. The second-order valence-corrected chi connectivity index (χ2v) is 6.62. The van der Waals surface area contributed by atoms with Gasteiger partial charge in [0.05, 0.1) is 12.7 Å². The molecule has 0 aromatic carbocycles. The van der Waals surface area contributed by atoms with E-state index < -0.39 is 0 Å². The molecule has 8 nitrogen and oxygen atoms in total. The van der Waals surface area contributed by atoms with Crippen molar-refractivity contribution in [3.05, 3.63) is 42.4 Å². The molecule has 0 radical (unpaired) electrons. The van der Waals surface area contributed by atoms with Gasteiger partial charge in [0, 0.05) is 58.4 Å². The number of anilines is 1. The number of rotatable bonds is 7. The molecule has 3 rings (SSSR count). The molecule has 2 N–H and O–H groups in total. The van der Waals surface area contributed by atoms with Crippen molar-refractivity contribution in [2.24, 2.45) is 4.99 Å². The molecule has 1 aliphatic rings. The second kappa shape index (κ2) is 11.8. The molecule has 2 aromatic heterocycles. The van der Waals surface area contributed by atoms with E-state index in [4.69, 9.17) is 4.74 Å². The summed E-state index contributed by atoms with van der Waals surface area (Å²) in [5, 5.41) is 10.9. The van der Waals surface area contributed by atoms with E-state index in [1.54, 1.807) is 13.2 Å². The van der Waals surface area contributed by atoms with Crippen LogP contribution in [0, 0.1) is 0 Å². The minimum Gasteiger partial charge on any atom is -0.375 e. The van der Waals surface area contributed by atoms with Gasteiger partial charge in [-0.25, -0.2) is 4.98 Å². The zero-order valence-electron chi connectivity index (χ0n) is 16.5. The monoisotopic (exact) mass is 499 g/mol. The molecular weight excluding hydrogens is 469 g/mol. The molecule has 1 saturated heterocycles. The molecule has 1 unspecified atom stereocenters. The third-order valence-corrected chi connectivity index (χ3v) is 4.47. The normalized spacial score (nSPS) is 17.1. The molecule has 2 aromatic rings. The quantitative estimate of drug-likeness (QED) is 0.262. The highest BCUT2D eigenvalue weighted by Gasteiger charge is 2.18. The molecule has 0 aliphatic carbocycles. The largest absolute Gasteiger partial charge is 0.375 e. The van der Waals surface area contributed by atoms with Gasteiger partial charge in [-0.3, -0.25) is 9.67 Å². The first-order valence-corrected chi connectivity index (χ1v) is 9.48. The zero-order valence-corrected chi connectivity index (χ0v) is 18.9. The number of guanidine groups is 1. The Morgan fingerprint density at radius 1 is 1.36 bits per heavy atom.